The second kappa shape index (κ2) is 6.25. The maximum Gasteiger partial charge on any atom is 0.0405 e. The lowest BCUT2D eigenvalue weighted by atomic mass is 10.2. The SMILES string of the molecule is C=C(C)N(C)c1ccc(C)cc1.CC. The number of aryl methyl sites for hydroxylation is 1. The molecule has 0 bridgehead atoms. The summed E-state index contributed by atoms with van der Waals surface area (Å²) in [7, 11) is 2.02. The van der Waals surface area contributed by atoms with Crippen molar-refractivity contribution in [1.29, 1.82) is 0 Å². The fourth-order valence-corrected chi connectivity index (χ4v) is 0.989. The Morgan fingerprint density at radius 1 is 1.14 bits per heavy atom. The van der Waals surface area contributed by atoms with E-state index in [2.05, 4.69) is 42.7 Å². The van der Waals surface area contributed by atoms with E-state index in [4.69, 9.17) is 0 Å². The smallest absolute Gasteiger partial charge is 0.0405 e. The van der Waals surface area contributed by atoms with E-state index < -0.39 is 0 Å². The molecule has 0 saturated heterocycles. The highest BCUT2D eigenvalue weighted by molar-refractivity contribution is 5.50. The first kappa shape index (κ1) is 12.8. The number of hydrogen-bond donors (Lipinski definition) is 0. The predicted octanol–water partition coefficient (Wildman–Crippen LogP) is 3.99. The van der Waals surface area contributed by atoms with Gasteiger partial charge in [0.25, 0.3) is 0 Å². The van der Waals surface area contributed by atoms with Gasteiger partial charge in [0.1, 0.15) is 0 Å². The van der Waals surface area contributed by atoms with Crippen LogP contribution < -0.4 is 4.90 Å². The molecule has 0 heterocycles. The van der Waals surface area contributed by atoms with Gasteiger partial charge in [0.2, 0.25) is 0 Å². The molecule has 0 radical (unpaired) electrons. The van der Waals surface area contributed by atoms with Gasteiger partial charge in [0.05, 0.1) is 0 Å². The third-order valence-electron chi connectivity index (χ3n) is 1.99. The first-order chi connectivity index (χ1) is 6.61. The summed E-state index contributed by atoms with van der Waals surface area (Å²) in [6.07, 6.45) is 0. The highest BCUT2D eigenvalue weighted by atomic mass is 15.1. The second-order valence-corrected chi connectivity index (χ2v) is 3.13. The van der Waals surface area contributed by atoms with Crippen LogP contribution in [0.1, 0.15) is 26.3 Å². The van der Waals surface area contributed by atoms with Gasteiger partial charge in [0, 0.05) is 18.4 Å². The van der Waals surface area contributed by atoms with E-state index in [-0.39, 0.29) is 0 Å². The molecule has 0 aliphatic heterocycles. The second-order valence-electron chi connectivity index (χ2n) is 3.13. The molecular weight excluding hydrogens is 170 g/mol. The van der Waals surface area contributed by atoms with E-state index >= 15 is 0 Å². The molecule has 78 valence electrons. The van der Waals surface area contributed by atoms with Crippen LogP contribution in [0.15, 0.2) is 36.5 Å². The molecule has 0 N–H and O–H groups in total. The van der Waals surface area contributed by atoms with E-state index in [0.29, 0.717) is 0 Å². The summed E-state index contributed by atoms with van der Waals surface area (Å²) in [6.45, 7) is 12.0. The first-order valence-electron chi connectivity index (χ1n) is 5.07. The Kier molecular flexibility index (Phi) is 5.70. The minimum Gasteiger partial charge on any atom is -0.349 e. The molecule has 1 aromatic carbocycles. The Bertz CT molecular complexity index is 272. The highest BCUT2D eigenvalue weighted by Crippen LogP contribution is 2.16. The molecule has 1 nitrogen and oxygen atoms in total. The Morgan fingerprint density at radius 2 is 1.57 bits per heavy atom. The van der Waals surface area contributed by atoms with E-state index in [9.17, 15) is 0 Å². The molecule has 0 unspecified atom stereocenters. The van der Waals surface area contributed by atoms with Gasteiger partial charge in [-0.1, -0.05) is 38.1 Å². The fourth-order valence-electron chi connectivity index (χ4n) is 0.989. The standard InChI is InChI=1S/C11H15N.C2H6/c1-9(2)12(4)11-7-5-10(3)6-8-11;1-2/h5-8H,1H2,2-4H3;1-2H3. The molecule has 0 amide bonds. The zero-order chi connectivity index (χ0) is 11.1. The third-order valence-corrected chi connectivity index (χ3v) is 1.99. The lowest BCUT2D eigenvalue weighted by Crippen LogP contribution is -2.12. The van der Waals surface area contributed by atoms with Crippen LogP contribution in [0.2, 0.25) is 0 Å². The van der Waals surface area contributed by atoms with Gasteiger partial charge >= 0.3 is 0 Å². The summed E-state index contributed by atoms with van der Waals surface area (Å²) in [4.78, 5) is 2.07. The van der Waals surface area contributed by atoms with Crippen LogP contribution >= 0.6 is 0 Å². The van der Waals surface area contributed by atoms with Crippen molar-refractivity contribution >= 4 is 5.69 Å². The minimum atomic E-state index is 1.05. The van der Waals surface area contributed by atoms with Crippen molar-refractivity contribution in [1.82, 2.24) is 0 Å². The quantitative estimate of drug-likeness (QED) is 0.683. The largest absolute Gasteiger partial charge is 0.349 e. The maximum absolute atomic E-state index is 3.88. The zero-order valence-electron chi connectivity index (χ0n) is 9.96. The normalized spacial score (nSPS) is 8.64. The van der Waals surface area contributed by atoms with Gasteiger partial charge in [-0.3, -0.25) is 0 Å². The third kappa shape index (κ3) is 3.65. The monoisotopic (exact) mass is 191 g/mol. The molecule has 0 aliphatic rings. The Morgan fingerprint density at radius 3 is 1.93 bits per heavy atom. The summed E-state index contributed by atoms with van der Waals surface area (Å²) in [5.41, 5.74) is 3.53. The number of nitrogens with zero attached hydrogens (tertiary/aromatic N) is 1. The molecule has 14 heavy (non-hydrogen) atoms. The highest BCUT2D eigenvalue weighted by Gasteiger charge is 1.98. The average molecular weight is 191 g/mol. The summed E-state index contributed by atoms with van der Waals surface area (Å²) in [5.74, 6) is 0. The molecule has 0 aromatic heterocycles. The number of rotatable bonds is 2. The number of allylic oxidation sites excluding steroid dienone is 1. The Hall–Kier alpha value is -1.24. The van der Waals surface area contributed by atoms with Crippen LogP contribution in [0.4, 0.5) is 5.69 Å². The molecule has 0 atom stereocenters. The molecule has 1 heteroatoms. The van der Waals surface area contributed by atoms with Gasteiger partial charge in [-0.15, -0.1) is 0 Å². The summed E-state index contributed by atoms with van der Waals surface area (Å²) in [5, 5.41) is 0. The first-order valence-corrected chi connectivity index (χ1v) is 5.07. The average Bonchev–Trinajstić information content (AvgIpc) is 2.21. The van der Waals surface area contributed by atoms with Crippen LogP contribution in [0, 0.1) is 6.92 Å². The van der Waals surface area contributed by atoms with Gasteiger partial charge in [-0.2, -0.15) is 0 Å². The van der Waals surface area contributed by atoms with Crippen LogP contribution in [0.25, 0.3) is 0 Å². The van der Waals surface area contributed by atoms with Gasteiger partial charge in [0.15, 0.2) is 0 Å². The predicted molar refractivity (Wildman–Crippen MR) is 65.7 cm³/mol. The van der Waals surface area contributed by atoms with Crippen LogP contribution in [0.5, 0.6) is 0 Å². The van der Waals surface area contributed by atoms with E-state index in [1.807, 2.05) is 27.8 Å². The van der Waals surface area contributed by atoms with Gasteiger partial charge < -0.3 is 4.90 Å². The van der Waals surface area contributed by atoms with Crippen molar-refractivity contribution in [2.24, 2.45) is 0 Å². The lowest BCUT2D eigenvalue weighted by Gasteiger charge is -2.18. The van der Waals surface area contributed by atoms with Crippen molar-refractivity contribution in [2.45, 2.75) is 27.7 Å². The molecule has 0 aliphatic carbocycles. The minimum absolute atomic E-state index is 1.05. The molecule has 0 spiro atoms. The van der Waals surface area contributed by atoms with Crippen molar-refractivity contribution in [3.05, 3.63) is 42.1 Å². The zero-order valence-corrected chi connectivity index (χ0v) is 9.96. The molecule has 1 aromatic rings. The molecule has 1 rings (SSSR count). The van der Waals surface area contributed by atoms with Gasteiger partial charge in [-0.05, 0) is 26.0 Å². The number of benzene rings is 1. The summed E-state index contributed by atoms with van der Waals surface area (Å²) in [6, 6.07) is 8.41. The number of anilines is 1. The van der Waals surface area contributed by atoms with Crippen LogP contribution in [0.3, 0.4) is 0 Å². The fraction of sp³-hybridized carbons (Fsp3) is 0.385. The van der Waals surface area contributed by atoms with Crippen LogP contribution in [-0.4, -0.2) is 7.05 Å². The van der Waals surface area contributed by atoms with E-state index in [0.717, 1.165) is 5.70 Å². The van der Waals surface area contributed by atoms with Crippen molar-refractivity contribution in [2.75, 3.05) is 11.9 Å². The maximum atomic E-state index is 3.88. The van der Waals surface area contributed by atoms with Crippen molar-refractivity contribution in [3.63, 3.8) is 0 Å². The molecule has 0 saturated carbocycles. The Balaban J connectivity index is 0.000000791. The van der Waals surface area contributed by atoms with E-state index in [1.54, 1.807) is 0 Å². The molecule has 0 fully saturated rings. The van der Waals surface area contributed by atoms with Crippen molar-refractivity contribution in [3.8, 4) is 0 Å². The summed E-state index contributed by atoms with van der Waals surface area (Å²) >= 11 is 0. The van der Waals surface area contributed by atoms with Gasteiger partial charge in [-0.25, -0.2) is 0 Å². The summed E-state index contributed by atoms with van der Waals surface area (Å²) < 4.78 is 0. The Labute approximate surface area is 88.1 Å². The number of hydrogen-bond acceptors (Lipinski definition) is 1. The van der Waals surface area contributed by atoms with Crippen LogP contribution in [-0.2, 0) is 0 Å². The molecular formula is C13H21N. The lowest BCUT2D eigenvalue weighted by molar-refractivity contribution is 1.10. The van der Waals surface area contributed by atoms with Crippen molar-refractivity contribution < 1.29 is 0 Å². The van der Waals surface area contributed by atoms with E-state index in [1.165, 1.54) is 11.3 Å². The topological polar surface area (TPSA) is 3.24 Å².